The van der Waals surface area contributed by atoms with Gasteiger partial charge in [0, 0.05) is 26.3 Å². The minimum atomic E-state index is -3.77. The number of aryl methyl sites for hydroxylation is 1. The Labute approximate surface area is 176 Å². The number of amides is 1. The van der Waals surface area contributed by atoms with Crippen LogP contribution in [0.2, 0.25) is 0 Å². The number of carbonyl (C=O) groups is 1. The number of hydrogen-bond donors (Lipinski definition) is 1. The number of hydrogen-bond acceptors (Lipinski definition) is 4. The standard InChI is InChI=1S/C22H25N3O4S/c1-3-25(30(27,28)20-13-21(22(23)26)24(2)15-20)14-17-9-11-19(12-10-17)29-16-18-7-5-4-6-8-18/h4-13,15H,3,14,16H2,1-2H3,(H2,23,26). The van der Waals surface area contributed by atoms with Gasteiger partial charge in [0.2, 0.25) is 10.0 Å². The van der Waals surface area contributed by atoms with E-state index in [1.54, 1.807) is 14.0 Å². The summed E-state index contributed by atoms with van der Waals surface area (Å²) in [7, 11) is -2.18. The lowest BCUT2D eigenvalue weighted by molar-refractivity contribution is 0.0992. The van der Waals surface area contributed by atoms with Crippen LogP contribution >= 0.6 is 0 Å². The van der Waals surface area contributed by atoms with Gasteiger partial charge in [-0.05, 0) is 29.3 Å². The van der Waals surface area contributed by atoms with E-state index >= 15 is 0 Å². The van der Waals surface area contributed by atoms with E-state index < -0.39 is 15.9 Å². The first-order valence-electron chi connectivity index (χ1n) is 9.53. The fourth-order valence-corrected chi connectivity index (χ4v) is 4.58. The van der Waals surface area contributed by atoms with E-state index in [-0.39, 0.29) is 23.7 Å². The first kappa shape index (κ1) is 21.6. The second kappa shape index (κ2) is 9.15. The molecule has 30 heavy (non-hydrogen) atoms. The van der Waals surface area contributed by atoms with E-state index in [0.717, 1.165) is 11.1 Å². The number of benzene rings is 2. The van der Waals surface area contributed by atoms with Gasteiger partial charge in [-0.2, -0.15) is 4.31 Å². The molecule has 1 heterocycles. The SMILES string of the molecule is CCN(Cc1ccc(OCc2ccccc2)cc1)S(=O)(=O)c1cc(C(N)=O)n(C)c1. The molecule has 8 heteroatoms. The molecule has 1 aromatic heterocycles. The zero-order chi connectivity index (χ0) is 21.7. The molecule has 0 saturated heterocycles. The summed E-state index contributed by atoms with van der Waals surface area (Å²) in [6.45, 7) is 2.73. The van der Waals surface area contributed by atoms with Crippen molar-refractivity contribution in [3.05, 3.63) is 83.7 Å². The molecule has 0 spiro atoms. The highest BCUT2D eigenvalue weighted by atomic mass is 32.2. The van der Waals surface area contributed by atoms with Crippen molar-refractivity contribution < 1.29 is 17.9 Å². The molecule has 0 bridgehead atoms. The van der Waals surface area contributed by atoms with Crippen molar-refractivity contribution in [2.45, 2.75) is 25.0 Å². The van der Waals surface area contributed by atoms with Crippen LogP contribution in [-0.4, -0.2) is 29.7 Å². The topological polar surface area (TPSA) is 94.6 Å². The van der Waals surface area contributed by atoms with Gasteiger partial charge in [0.1, 0.15) is 22.9 Å². The number of nitrogens with zero attached hydrogens (tertiary/aromatic N) is 2. The van der Waals surface area contributed by atoms with Crippen LogP contribution in [0.15, 0.2) is 71.8 Å². The van der Waals surface area contributed by atoms with Crippen LogP contribution in [0, 0.1) is 0 Å². The molecule has 7 nitrogen and oxygen atoms in total. The minimum absolute atomic E-state index is 0.0449. The monoisotopic (exact) mass is 427 g/mol. The normalized spacial score (nSPS) is 11.6. The van der Waals surface area contributed by atoms with Gasteiger partial charge in [-0.25, -0.2) is 8.42 Å². The lowest BCUT2D eigenvalue weighted by atomic mass is 10.2. The Bertz CT molecular complexity index is 1110. The lowest BCUT2D eigenvalue weighted by Crippen LogP contribution is -2.30. The predicted octanol–water partition coefficient (Wildman–Crippen LogP) is 2.91. The van der Waals surface area contributed by atoms with E-state index in [1.165, 1.54) is 21.1 Å². The van der Waals surface area contributed by atoms with Crippen molar-refractivity contribution in [3.8, 4) is 5.75 Å². The fraction of sp³-hybridized carbons (Fsp3) is 0.227. The summed E-state index contributed by atoms with van der Waals surface area (Å²) in [6, 6.07) is 18.5. The molecule has 1 amide bonds. The van der Waals surface area contributed by atoms with Crippen LogP contribution in [0.25, 0.3) is 0 Å². The van der Waals surface area contributed by atoms with Gasteiger partial charge >= 0.3 is 0 Å². The maximum Gasteiger partial charge on any atom is 0.265 e. The van der Waals surface area contributed by atoms with Gasteiger partial charge in [-0.1, -0.05) is 49.4 Å². The molecule has 0 atom stereocenters. The molecular formula is C22H25N3O4S. The van der Waals surface area contributed by atoms with Crippen LogP contribution in [0.3, 0.4) is 0 Å². The molecule has 2 aromatic carbocycles. The molecule has 0 saturated carbocycles. The van der Waals surface area contributed by atoms with Gasteiger partial charge in [0.25, 0.3) is 5.91 Å². The maximum atomic E-state index is 13.0. The Morgan fingerprint density at radius 2 is 1.73 bits per heavy atom. The van der Waals surface area contributed by atoms with Crippen molar-refractivity contribution >= 4 is 15.9 Å². The predicted molar refractivity (Wildman–Crippen MR) is 114 cm³/mol. The number of ether oxygens (including phenoxy) is 1. The highest BCUT2D eigenvalue weighted by Crippen LogP contribution is 2.22. The average Bonchev–Trinajstić information content (AvgIpc) is 3.15. The molecular weight excluding hydrogens is 402 g/mol. The van der Waals surface area contributed by atoms with Crippen molar-refractivity contribution in [2.75, 3.05) is 6.54 Å². The first-order valence-corrected chi connectivity index (χ1v) is 11.0. The zero-order valence-corrected chi connectivity index (χ0v) is 17.8. The molecule has 0 unspecified atom stereocenters. The largest absolute Gasteiger partial charge is 0.489 e. The van der Waals surface area contributed by atoms with E-state index in [0.29, 0.717) is 12.4 Å². The van der Waals surface area contributed by atoms with Crippen molar-refractivity contribution in [1.29, 1.82) is 0 Å². The van der Waals surface area contributed by atoms with Crippen molar-refractivity contribution in [2.24, 2.45) is 12.8 Å². The molecule has 3 aromatic rings. The summed E-state index contributed by atoms with van der Waals surface area (Å²) in [5, 5.41) is 0. The molecule has 3 rings (SSSR count). The summed E-state index contributed by atoms with van der Waals surface area (Å²) in [6.07, 6.45) is 1.40. The number of aromatic nitrogens is 1. The lowest BCUT2D eigenvalue weighted by Gasteiger charge is -2.20. The third kappa shape index (κ3) is 4.90. The number of carbonyl (C=O) groups excluding carboxylic acids is 1. The number of primary amides is 1. The summed E-state index contributed by atoms with van der Waals surface area (Å²) in [5.41, 5.74) is 7.35. The Morgan fingerprint density at radius 3 is 2.30 bits per heavy atom. The van der Waals surface area contributed by atoms with Gasteiger partial charge in [0.15, 0.2) is 0 Å². The van der Waals surface area contributed by atoms with Gasteiger partial charge in [0.05, 0.1) is 0 Å². The second-order valence-electron chi connectivity index (χ2n) is 6.89. The van der Waals surface area contributed by atoms with E-state index in [2.05, 4.69) is 0 Å². The smallest absolute Gasteiger partial charge is 0.265 e. The number of rotatable bonds is 9. The quantitative estimate of drug-likeness (QED) is 0.568. The van der Waals surface area contributed by atoms with Crippen molar-refractivity contribution in [3.63, 3.8) is 0 Å². The zero-order valence-electron chi connectivity index (χ0n) is 17.0. The van der Waals surface area contributed by atoms with Crippen LogP contribution in [-0.2, 0) is 30.2 Å². The van der Waals surface area contributed by atoms with Crippen LogP contribution in [0.4, 0.5) is 0 Å². The summed E-state index contributed by atoms with van der Waals surface area (Å²) < 4.78 is 34.6. The van der Waals surface area contributed by atoms with Crippen molar-refractivity contribution in [1.82, 2.24) is 8.87 Å². The van der Waals surface area contributed by atoms with Crippen LogP contribution in [0.5, 0.6) is 5.75 Å². The first-order chi connectivity index (χ1) is 14.3. The van der Waals surface area contributed by atoms with E-state index in [9.17, 15) is 13.2 Å². The van der Waals surface area contributed by atoms with Crippen LogP contribution in [0.1, 0.15) is 28.5 Å². The van der Waals surface area contributed by atoms with Gasteiger partial charge in [-0.3, -0.25) is 4.79 Å². The third-order valence-electron chi connectivity index (χ3n) is 4.75. The second-order valence-corrected chi connectivity index (χ2v) is 8.82. The van der Waals surface area contributed by atoms with E-state index in [4.69, 9.17) is 10.5 Å². The number of nitrogens with two attached hydrogens (primary N) is 1. The molecule has 0 aliphatic carbocycles. The maximum absolute atomic E-state index is 13.0. The summed E-state index contributed by atoms with van der Waals surface area (Å²) >= 11 is 0. The highest BCUT2D eigenvalue weighted by molar-refractivity contribution is 7.89. The summed E-state index contributed by atoms with van der Waals surface area (Å²) in [5.74, 6) is 0.0377. The molecule has 0 radical (unpaired) electrons. The Hall–Kier alpha value is -3.10. The number of sulfonamides is 1. The van der Waals surface area contributed by atoms with Gasteiger partial charge < -0.3 is 15.0 Å². The molecule has 2 N–H and O–H groups in total. The minimum Gasteiger partial charge on any atom is -0.489 e. The Morgan fingerprint density at radius 1 is 1.07 bits per heavy atom. The third-order valence-corrected chi connectivity index (χ3v) is 6.64. The Kier molecular flexibility index (Phi) is 6.59. The van der Waals surface area contributed by atoms with E-state index in [1.807, 2.05) is 54.6 Å². The Balaban J connectivity index is 1.70. The summed E-state index contributed by atoms with van der Waals surface area (Å²) in [4.78, 5) is 11.5. The molecule has 0 fully saturated rings. The highest BCUT2D eigenvalue weighted by Gasteiger charge is 2.26. The van der Waals surface area contributed by atoms with Crippen LogP contribution < -0.4 is 10.5 Å². The molecule has 0 aliphatic heterocycles. The van der Waals surface area contributed by atoms with Gasteiger partial charge in [-0.15, -0.1) is 0 Å². The fourth-order valence-electron chi connectivity index (χ4n) is 3.07. The average molecular weight is 428 g/mol. The molecule has 158 valence electrons. The molecule has 0 aliphatic rings.